The van der Waals surface area contributed by atoms with Crippen molar-refractivity contribution in [3.63, 3.8) is 0 Å². The Morgan fingerprint density at radius 2 is 2.00 bits per heavy atom. The maximum atomic E-state index is 12.5. The van der Waals surface area contributed by atoms with Crippen molar-refractivity contribution in [2.45, 2.75) is 60.4 Å². The summed E-state index contributed by atoms with van der Waals surface area (Å²) in [4.78, 5) is 16.8. The monoisotopic (exact) mass is 329 g/mol. The zero-order chi connectivity index (χ0) is 17.9. The Morgan fingerprint density at radius 1 is 1.29 bits per heavy atom. The van der Waals surface area contributed by atoms with Gasteiger partial charge in [0, 0.05) is 11.6 Å². The highest BCUT2D eigenvalue weighted by molar-refractivity contribution is 5.98. The molecule has 0 aliphatic heterocycles. The van der Waals surface area contributed by atoms with Crippen LogP contribution in [0.2, 0.25) is 0 Å². The quantitative estimate of drug-likeness (QED) is 0.798. The smallest absolute Gasteiger partial charge is 0.321 e. The molecule has 0 bridgehead atoms. The summed E-state index contributed by atoms with van der Waals surface area (Å²) in [6, 6.07) is 6.46. The van der Waals surface area contributed by atoms with Crippen LogP contribution in [0.1, 0.15) is 61.4 Å². The molecule has 0 saturated carbocycles. The van der Waals surface area contributed by atoms with Crippen LogP contribution in [0.3, 0.4) is 0 Å². The predicted molar refractivity (Wildman–Crippen MR) is 95.4 cm³/mol. The van der Waals surface area contributed by atoms with Crippen molar-refractivity contribution >= 4 is 11.8 Å². The molecule has 5 heteroatoms. The maximum Gasteiger partial charge on any atom is 0.321 e. The van der Waals surface area contributed by atoms with Crippen molar-refractivity contribution in [1.82, 2.24) is 10.1 Å². The fraction of sp³-hybridized carbons (Fsp3) is 0.526. The fourth-order valence-corrected chi connectivity index (χ4v) is 2.74. The number of anilines is 1. The number of nitrogens with one attached hydrogen (secondary N) is 1. The Morgan fingerprint density at radius 3 is 2.62 bits per heavy atom. The minimum atomic E-state index is 0.00594. The van der Waals surface area contributed by atoms with E-state index in [0.29, 0.717) is 11.8 Å². The number of aryl methyl sites for hydroxylation is 2. The number of Topliss-reactive ketones (excluding diaryl/α,β-unsaturated/α-hetero) is 1. The Balaban J connectivity index is 2.08. The van der Waals surface area contributed by atoms with E-state index in [-0.39, 0.29) is 23.7 Å². The number of rotatable bonds is 6. The third-order valence-electron chi connectivity index (χ3n) is 4.23. The van der Waals surface area contributed by atoms with Gasteiger partial charge in [-0.05, 0) is 37.3 Å². The van der Waals surface area contributed by atoms with Gasteiger partial charge in [-0.1, -0.05) is 50.5 Å². The zero-order valence-electron chi connectivity index (χ0n) is 15.4. The SMILES string of the molecule is CCC(Nc1nc(CC(=O)c2cc(C)ccc2C)no1)C(C)(C)C. The van der Waals surface area contributed by atoms with E-state index < -0.39 is 0 Å². The highest BCUT2D eigenvalue weighted by atomic mass is 16.5. The lowest BCUT2D eigenvalue weighted by Crippen LogP contribution is -2.33. The molecule has 2 rings (SSSR count). The van der Waals surface area contributed by atoms with Crippen molar-refractivity contribution in [1.29, 1.82) is 0 Å². The molecule has 0 aliphatic rings. The summed E-state index contributed by atoms with van der Waals surface area (Å²) in [5.74, 6) is 0.415. The highest BCUT2D eigenvalue weighted by Gasteiger charge is 2.25. The molecular weight excluding hydrogens is 302 g/mol. The molecule has 0 radical (unpaired) electrons. The van der Waals surface area contributed by atoms with Gasteiger partial charge < -0.3 is 9.84 Å². The first-order valence-electron chi connectivity index (χ1n) is 8.40. The van der Waals surface area contributed by atoms with E-state index in [1.54, 1.807) is 0 Å². The molecular formula is C19H27N3O2. The van der Waals surface area contributed by atoms with E-state index in [0.717, 1.165) is 23.1 Å². The van der Waals surface area contributed by atoms with Crippen molar-refractivity contribution in [2.75, 3.05) is 5.32 Å². The zero-order valence-corrected chi connectivity index (χ0v) is 15.4. The van der Waals surface area contributed by atoms with Gasteiger partial charge in [0.15, 0.2) is 11.6 Å². The largest absolute Gasteiger partial charge is 0.335 e. The van der Waals surface area contributed by atoms with Crippen LogP contribution in [0.15, 0.2) is 22.7 Å². The molecule has 1 heterocycles. The second-order valence-electron chi connectivity index (χ2n) is 7.41. The number of aromatic nitrogens is 2. The maximum absolute atomic E-state index is 12.5. The molecule has 1 aromatic heterocycles. The predicted octanol–water partition coefficient (Wildman–Crippen LogP) is 4.35. The molecule has 0 saturated heterocycles. The fourth-order valence-electron chi connectivity index (χ4n) is 2.74. The molecule has 0 amide bonds. The molecule has 1 aromatic carbocycles. The van der Waals surface area contributed by atoms with Crippen molar-refractivity contribution < 1.29 is 9.32 Å². The van der Waals surface area contributed by atoms with Gasteiger partial charge >= 0.3 is 6.01 Å². The van der Waals surface area contributed by atoms with Gasteiger partial charge in [0.05, 0.1) is 6.42 Å². The number of benzene rings is 1. The molecule has 2 aromatic rings. The van der Waals surface area contributed by atoms with E-state index in [1.807, 2.05) is 32.0 Å². The molecule has 0 fully saturated rings. The summed E-state index contributed by atoms with van der Waals surface area (Å²) in [5.41, 5.74) is 2.83. The number of hydrogen-bond donors (Lipinski definition) is 1. The summed E-state index contributed by atoms with van der Waals surface area (Å²) in [6.07, 6.45) is 1.09. The molecule has 1 N–H and O–H groups in total. The summed E-state index contributed by atoms with van der Waals surface area (Å²) >= 11 is 0. The number of hydrogen-bond acceptors (Lipinski definition) is 5. The highest BCUT2D eigenvalue weighted by Crippen LogP contribution is 2.25. The standard InChI is InChI=1S/C19H27N3O2/c1-7-16(19(4,5)6)20-18-21-17(22-24-18)11-15(23)14-10-12(2)8-9-13(14)3/h8-10,16H,7,11H2,1-6H3,(H,20,21,22). The minimum Gasteiger partial charge on any atom is -0.335 e. The first kappa shape index (κ1) is 18.2. The molecule has 1 unspecified atom stereocenters. The Kier molecular flexibility index (Phi) is 5.42. The molecule has 0 spiro atoms. The van der Waals surface area contributed by atoms with Crippen LogP contribution in [0.4, 0.5) is 6.01 Å². The average molecular weight is 329 g/mol. The summed E-state index contributed by atoms with van der Waals surface area (Å²) in [5, 5.41) is 7.20. The second kappa shape index (κ2) is 7.16. The third kappa shape index (κ3) is 4.43. The molecule has 24 heavy (non-hydrogen) atoms. The molecule has 5 nitrogen and oxygen atoms in total. The normalized spacial score (nSPS) is 12.9. The van der Waals surface area contributed by atoms with Crippen molar-refractivity contribution in [3.05, 3.63) is 40.7 Å². The van der Waals surface area contributed by atoms with Gasteiger partial charge in [-0.3, -0.25) is 4.79 Å². The van der Waals surface area contributed by atoms with Crippen LogP contribution in [-0.4, -0.2) is 22.0 Å². The summed E-state index contributed by atoms with van der Waals surface area (Å²) in [7, 11) is 0. The lowest BCUT2D eigenvalue weighted by molar-refractivity contribution is 0.0989. The first-order chi connectivity index (χ1) is 11.2. The van der Waals surface area contributed by atoms with Crippen LogP contribution in [-0.2, 0) is 6.42 Å². The lowest BCUT2D eigenvalue weighted by Gasteiger charge is -2.29. The topological polar surface area (TPSA) is 68.0 Å². The van der Waals surface area contributed by atoms with Gasteiger partial charge in [-0.2, -0.15) is 4.98 Å². The van der Waals surface area contributed by atoms with Crippen LogP contribution < -0.4 is 5.32 Å². The molecule has 130 valence electrons. The Bertz CT molecular complexity index is 714. The Labute approximate surface area is 143 Å². The van der Waals surface area contributed by atoms with Crippen LogP contribution in [0.25, 0.3) is 0 Å². The molecule has 0 aliphatic carbocycles. The van der Waals surface area contributed by atoms with Crippen LogP contribution in [0, 0.1) is 19.3 Å². The second-order valence-corrected chi connectivity index (χ2v) is 7.41. The minimum absolute atomic E-state index is 0.00594. The number of carbonyl (C=O) groups excluding carboxylic acids is 1. The van der Waals surface area contributed by atoms with E-state index in [4.69, 9.17) is 4.52 Å². The van der Waals surface area contributed by atoms with Gasteiger partial charge in [0.2, 0.25) is 0 Å². The number of ketones is 1. The van der Waals surface area contributed by atoms with Crippen molar-refractivity contribution in [3.8, 4) is 0 Å². The van der Waals surface area contributed by atoms with Gasteiger partial charge in [-0.15, -0.1) is 0 Å². The van der Waals surface area contributed by atoms with E-state index in [2.05, 4.69) is 43.2 Å². The van der Waals surface area contributed by atoms with E-state index in [9.17, 15) is 4.79 Å². The number of carbonyl (C=O) groups is 1. The lowest BCUT2D eigenvalue weighted by atomic mass is 9.85. The van der Waals surface area contributed by atoms with Crippen LogP contribution >= 0.6 is 0 Å². The first-order valence-corrected chi connectivity index (χ1v) is 8.40. The number of nitrogens with zero attached hydrogens (tertiary/aromatic N) is 2. The van der Waals surface area contributed by atoms with Gasteiger partial charge in [0.1, 0.15) is 0 Å². The van der Waals surface area contributed by atoms with Gasteiger partial charge in [-0.25, -0.2) is 0 Å². The summed E-state index contributed by atoms with van der Waals surface area (Å²) in [6.45, 7) is 12.5. The van der Waals surface area contributed by atoms with Crippen molar-refractivity contribution in [2.24, 2.45) is 5.41 Å². The molecule has 1 atom stereocenters. The Hall–Kier alpha value is -2.17. The third-order valence-corrected chi connectivity index (χ3v) is 4.23. The van der Waals surface area contributed by atoms with E-state index >= 15 is 0 Å². The van der Waals surface area contributed by atoms with Crippen LogP contribution in [0.5, 0.6) is 0 Å². The van der Waals surface area contributed by atoms with Gasteiger partial charge in [0.25, 0.3) is 0 Å². The average Bonchev–Trinajstić information content (AvgIpc) is 2.93. The van der Waals surface area contributed by atoms with E-state index in [1.165, 1.54) is 0 Å². The summed E-state index contributed by atoms with van der Waals surface area (Å²) < 4.78 is 5.26.